The molecular formula is C36H47F3N4O7. The van der Waals surface area contributed by atoms with Crippen molar-refractivity contribution < 1.29 is 42.5 Å². The summed E-state index contributed by atoms with van der Waals surface area (Å²) in [5, 5.41) is 22.0. The van der Waals surface area contributed by atoms with E-state index in [1.807, 2.05) is 6.07 Å². The van der Waals surface area contributed by atoms with Crippen LogP contribution in [0.3, 0.4) is 0 Å². The van der Waals surface area contributed by atoms with Crippen molar-refractivity contribution >= 4 is 17.9 Å². The summed E-state index contributed by atoms with van der Waals surface area (Å²) in [6.45, 7) is 5.19. The number of carbonyl (C=O) groups is 3. The van der Waals surface area contributed by atoms with Crippen LogP contribution in [0.1, 0.15) is 69.7 Å². The molecule has 2 aromatic rings. The third kappa shape index (κ3) is 8.17. The van der Waals surface area contributed by atoms with Gasteiger partial charge in [-0.3, -0.25) is 14.4 Å². The number of amides is 3. The Kier molecular flexibility index (Phi) is 10.7. The molecule has 50 heavy (non-hydrogen) atoms. The summed E-state index contributed by atoms with van der Waals surface area (Å²) in [7, 11) is 0. The quantitative estimate of drug-likeness (QED) is 0.440. The summed E-state index contributed by atoms with van der Waals surface area (Å²) in [4.78, 5) is 58.2. The first kappa shape index (κ1) is 37.3. The molecule has 14 heteroatoms. The number of nitrogens with zero attached hydrogens (tertiary/aromatic N) is 4. The molecule has 11 nitrogen and oxygen atoms in total. The predicted molar refractivity (Wildman–Crippen MR) is 178 cm³/mol. The molecule has 0 radical (unpaired) electrons. The van der Waals surface area contributed by atoms with Crippen LogP contribution in [0.15, 0.2) is 47.4 Å². The lowest BCUT2D eigenvalue weighted by atomic mass is 9.65. The molecule has 1 saturated carbocycles. The number of piperazine rings is 1. The van der Waals surface area contributed by atoms with Crippen LogP contribution in [0.25, 0.3) is 11.1 Å². The van der Waals surface area contributed by atoms with Crippen molar-refractivity contribution in [2.45, 2.75) is 83.2 Å². The molecule has 2 N–H and O–H groups in total. The molecule has 1 spiro atoms. The van der Waals surface area contributed by atoms with Crippen LogP contribution in [-0.2, 0) is 16.1 Å². The number of aromatic nitrogens is 1. The molecule has 2 aliphatic heterocycles. The fourth-order valence-electron chi connectivity index (χ4n) is 7.65. The Bertz CT molecular complexity index is 1610. The van der Waals surface area contributed by atoms with Gasteiger partial charge in [-0.05, 0) is 45.6 Å². The average molecular weight is 705 g/mol. The molecule has 3 amide bonds. The highest BCUT2D eigenvalue weighted by molar-refractivity contribution is 6.00. The molecule has 2 saturated heterocycles. The molecule has 3 heterocycles. The number of alkyl halides is 3. The fourth-order valence-corrected chi connectivity index (χ4v) is 7.65. The van der Waals surface area contributed by atoms with Crippen LogP contribution < -0.4 is 5.56 Å². The van der Waals surface area contributed by atoms with Crippen molar-refractivity contribution in [2.75, 3.05) is 45.9 Å². The number of pyridine rings is 1. The van der Waals surface area contributed by atoms with E-state index in [0.29, 0.717) is 24.0 Å². The van der Waals surface area contributed by atoms with E-state index < -0.39 is 59.3 Å². The topological polar surface area (TPSA) is 133 Å². The van der Waals surface area contributed by atoms with Crippen molar-refractivity contribution in [3.8, 4) is 11.1 Å². The van der Waals surface area contributed by atoms with E-state index in [1.54, 1.807) is 54.8 Å². The number of aliphatic hydroxyl groups excluding tert-OH is 1. The molecule has 1 aliphatic carbocycles. The van der Waals surface area contributed by atoms with E-state index in [4.69, 9.17) is 4.74 Å². The van der Waals surface area contributed by atoms with Crippen LogP contribution in [0.2, 0.25) is 0 Å². The van der Waals surface area contributed by atoms with Gasteiger partial charge in [-0.1, -0.05) is 43.2 Å². The standard InChI is InChI=1S/C36H47F3N4O7/c1-33(2,3)50-32(48)41-17-15-40(16-18-41)31(47)28-21-43(29(45)19-27(28)25-9-5-4-6-10-25)24-35(49)13-14-42(23-34(35)11-7-8-12-34)30(46)26(22-44)20-36(37,38)39/h4-6,9-10,19,21,26,44,49H,7-8,11-18,20,22-24H2,1-3H3/t26-,35?/m0/s1. The number of halogens is 3. The van der Waals surface area contributed by atoms with Gasteiger partial charge in [-0.25, -0.2) is 4.79 Å². The van der Waals surface area contributed by atoms with E-state index in [9.17, 15) is 42.6 Å². The third-order valence-corrected chi connectivity index (χ3v) is 10.3. The molecule has 0 bridgehead atoms. The summed E-state index contributed by atoms with van der Waals surface area (Å²) in [6.07, 6.45) is -2.58. The van der Waals surface area contributed by atoms with Gasteiger partial charge >= 0.3 is 12.3 Å². The molecule has 3 fully saturated rings. The van der Waals surface area contributed by atoms with Gasteiger partial charge in [0.05, 0.1) is 36.7 Å². The molecule has 3 aliphatic rings. The molecule has 1 aromatic carbocycles. The van der Waals surface area contributed by atoms with Crippen LogP contribution in [-0.4, -0.2) is 111 Å². The van der Waals surface area contributed by atoms with Crippen molar-refractivity contribution in [1.82, 2.24) is 19.3 Å². The average Bonchev–Trinajstić information content (AvgIpc) is 3.54. The number of benzene rings is 1. The van der Waals surface area contributed by atoms with Crippen molar-refractivity contribution in [3.05, 3.63) is 58.5 Å². The summed E-state index contributed by atoms with van der Waals surface area (Å²) in [6, 6.07) is 10.4. The van der Waals surface area contributed by atoms with Gasteiger partial charge in [0.25, 0.3) is 11.5 Å². The number of ether oxygens (including phenoxy) is 1. The van der Waals surface area contributed by atoms with Gasteiger partial charge in [-0.15, -0.1) is 0 Å². The molecule has 1 aromatic heterocycles. The van der Waals surface area contributed by atoms with E-state index in [-0.39, 0.29) is 63.7 Å². The first-order valence-corrected chi connectivity index (χ1v) is 17.2. The maximum Gasteiger partial charge on any atom is 0.410 e. The summed E-state index contributed by atoms with van der Waals surface area (Å²) in [5.41, 5.74) is -2.17. The number of piperidine rings is 1. The summed E-state index contributed by atoms with van der Waals surface area (Å²) in [5.74, 6) is -2.78. The first-order valence-electron chi connectivity index (χ1n) is 17.2. The lowest BCUT2D eigenvalue weighted by molar-refractivity contribution is -0.175. The third-order valence-electron chi connectivity index (χ3n) is 10.3. The van der Waals surface area contributed by atoms with Crippen LogP contribution in [0.5, 0.6) is 0 Å². The lowest BCUT2D eigenvalue weighted by Gasteiger charge is -2.53. The number of carbonyl (C=O) groups excluding carboxylic acids is 3. The van der Waals surface area contributed by atoms with E-state index in [1.165, 1.54) is 21.7 Å². The molecular weight excluding hydrogens is 657 g/mol. The number of hydrogen-bond acceptors (Lipinski definition) is 7. The Hall–Kier alpha value is -3.91. The SMILES string of the molecule is CC(C)(C)OC(=O)N1CCN(C(=O)c2cn(CC3(O)CCN(C(=O)[C@H](CO)CC(F)(F)F)CC34CCCC4)c(=O)cc2-c2ccccc2)CC1. The Balaban J connectivity index is 1.42. The minimum atomic E-state index is -4.63. The number of rotatable bonds is 7. The van der Waals surface area contributed by atoms with E-state index >= 15 is 0 Å². The Morgan fingerprint density at radius 2 is 1.54 bits per heavy atom. The second-order valence-corrected chi connectivity index (χ2v) is 14.9. The normalized spacial score (nSPS) is 21.7. The summed E-state index contributed by atoms with van der Waals surface area (Å²) < 4.78 is 46.3. The number of aliphatic hydroxyl groups is 2. The largest absolute Gasteiger partial charge is 0.444 e. The Labute approximate surface area is 289 Å². The molecule has 2 atom stereocenters. The van der Waals surface area contributed by atoms with Crippen molar-refractivity contribution in [2.24, 2.45) is 11.3 Å². The van der Waals surface area contributed by atoms with E-state index in [2.05, 4.69) is 0 Å². The van der Waals surface area contributed by atoms with Crippen LogP contribution in [0, 0.1) is 11.3 Å². The van der Waals surface area contributed by atoms with Gasteiger partial charge in [0.1, 0.15) is 5.60 Å². The van der Waals surface area contributed by atoms with Gasteiger partial charge in [0, 0.05) is 62.5 Å². The highest BCUT2D eigenvalue weighted by atomic mass is 19.4. The van der Waals surface area contributed by atoms with Crippen molar-refractivity contribution in [3.63, 3.8) is 0 Å². The Morgan fingerprint density at radius 3 is 2.12 bits per heavy atom. The minimum Gasteiger partial charge on any atom is -0.444 e. The number of likely N-dealkylation sites (tertiary alicyclic amines) is 1. The zero-order valence-electron chi connectivity index (χ0n) is 28.9. The highest BCUT2D eigenvalue weighted by Gasteiger charge is 2.56. The zero-order chi connectivity index (χ0) is 36.5. The second kappa shape index (κ2) is 14.4. The van der Waals surface area contributed by atoms with Gasteiger partial charge in [0.2, 0.25) is 5.91 Å². The van der Waals surface area contributed by atoms with Crippen LogP contribution >= 0.6 is 0 Å². The van der Waals surface area contributed by atoms with Gasteiger partial charge in [0.15, 0.2) is 0 Å². The molecule has 5 rings (SSSR count). The first-order chi connectivity index (χ1) is 23.4. The predicted octanol–water partition coefficient (Wildman–Crippen LogP) is 4.29. The lowest BCUT2D eigenvalue weighted by Crippen LogP contribution is -2.62. The minimum absolute atomic E-state index is 0.00124. The fraction of sp³-hybridized carbons (Fsp3) is 0.611. The van der Waals surface area contributed by atoms with Gasteiger partial charge < -0.3 is 34.2 Å². The molecule has 1 unspecified atom stereocenters. The molecule has 274 valence electrons. The Morgan fingerprint density at radius 1 is 0.920 bits per heavy atom. The van der Waals surface area contributed by atoms with Crippen molar-refractivity contribution in [1.29, 1.82) is 0 Å². The number of hydrogen-bond donors (Lipinski definition) is 2. The monoisotopic (exact) mass is 704 g/mol. The van der Waals surface area contributed by atoms with E-state index in [0.717, 1.165) is 12.8 Å². The highest BCUT2D eigenvalue weighted by Crippen LogP contribution is 2.52. The second-order valence-electron chi connectivity index (χ2n) is 14.9. The zero-order valence-corrected chi connectivity index (χ0v) is 28.9. The summed E-state index contributed by atoms with van der Waals surface area (Å²) >= 11 is 0. The maximum absolute atomic E-state index is 14.2. The van der Waals surface area contributed by atoms with Crippen LogP contribution in [0.4, 0.5) is 18.0 Å². The van der Waals surface area contributed by atoms with Gasteiger partial charge in [-0.2, -0.15) is 13.2 Å². The smallest absolute Gasteiger partial charge is 0.410 e. The maximum atomic E-state index is 14.2.